The van der Waals surface area contributed by atoms with Gasteiger partial charge in [-0.1, -0.05) is 25.2 Å². The van der Waals surface area contributed by atoms with Crippen molar-refractivity contribution >= 4 is 23.1 Å². The van der Waals surface area contributed by atoms with E-state index in [0.717, 1.165) is 23.0 Å². The zero-order valence-corrected chi connectivity index (χ0v) is 11.8. The van der Waals surface area contributed by atoms with Crippen molar-refractivity contribution in [2.24, 2.45) is 17.8 Å². The fourth-order valence-electron chi connectivity index (χ4n) is 4.52. The van der Waals surface area contributed by atoms with E-state index in [1.54, 1.807) is 0 Å². The van der Waals surface area contributed by atoms with Gasteiger partial charge in [-0.25, -0.2) is 0 Å². The molecule has 4 heteroatoms. The van der Waals surface area contributed by atoms with Crippen molar-refractivity contribution in [2.75, 3.05) is 0 Å². The highest BCUT2D eigenvalue weighted by Crippen LogP contribution is 2.64. The Kier molecular flexibility index (Phi) is 2.02. The predicted octanol–water partition coefficient (Wildman–Crippen LogP) is 3.23. The first-order valence-corrected chi connectivity index (χ1v) is 8.17. The molecule has 2 aliphatic carbocycles. The van der Waals surface area contributed by atoms with Crippen molar-refractivity contribution in [3.63, 3.8) is 0 Å². The minimum Gasteiger partial charge on any atom is -0.307 e. The normalized spacial score (nSPS) is 41.3. The van der Waals surface area contributed by atoms with Gasteiger partial charge in [-0.15, -0.1) is 11.8 Å². The average molecular weight is 267 g/mol. The molecule has 2 saturated carbocycles. The zero-order chi connectivity index (χ0) is 11.8. The molecule has 4 atom stereocenters. The molecule has 1 aromatic rings. The average Bonchev–Trinajstić information content (AvgIpc) is 2.90. The van der Waals surface area contributed by atoms with E-state index in [4.69, 9.17) is 0 Å². The van der Waals surface area contributed by atoms with Crippen LogP contribution in [0.4, 0.5) is 0 Å². The number of hydrogen-bond acceptors (Lipinski definition) is 3. The predicted molar refractivity (Wildman–Crippen MR) is 71.9 cm³/mol. The highest BCUT2D eigenvalue weighted by atomic mass is 32.2. The van der Waals surface area contributed by atoms with E-state index in [1.165, 1.54) is 40.5 Å². The van der Waals surface area contributed by atoms with Crippen LogP contribution in [-0.4, -0.2) is 10.2 Å². The molecule has 0 amide bonds. The molecule has 0 radical (unpaired) electrons. The van der Waals surface area contributed by atoms with E-state index < -0.39 is 0 Å². The van der Waals surface area contributed by atoms with Crippen LogP contribution in [0.3, 0.4) is 0 Å². The third-order valence-electron chi connectivity index (χ3n) is 5.13. The number of thiazole rings is 1. The number of fused-ring (bicyclic) bond motifs is 6. The molecular weight excluding hydrogens is 250 g/mol. The standard InChI is InChI=1S/C13H17NOS2/c1-13(2)8-6-3-4-7(5-6)9(8)16-11-10(13)17-12(15)14-11/h6-9H,3-5H2,1-2H3,(H,14,15)/t6-,7-,8-,9+/m1/s1. The van der Waals surface area contributed by atoms with E-state index in [1.807, 2.05) is 11.8 Å². The van der Waals surface area contributed by atoms with Gasteiger partial charge in [-0.05, 0) is 37.0 Å². The van der Waals surface area contributed by atoms with E-state index >= 15 is 0 Å². The lowest BCUT2D eigenvalue weighted by Crippen LogP contribution is -2.42. The molecule has 4 rings (SSSR count). The molecule has 1 aromatic heterocycles. The molecule has 2 bridgehead atoms. The maximum atomic E-state index is 11.6. The number of nitrogens with one attached hydrogen (secondary N) is 1. The van der Waals surface area contributed by atoms with Crippen LogP contribution < -0.4 is 4.87 Å². The maximum absolute atomic E-state index is 11.6. The van der Waals surface area contributed by atoms with Gasteiger partial charge in [-0.2, -0.15) is 0 Å². The molecule has 17 heavy (non-hydrogen) atoms. The first kappa shape index (κ1) is 10.7. The van der Waals surface area contributed by atoms with Gasteiger partial charge in [0.05, 0.1) is 5.03 Å². The molecule has 1 N–H and O–H groups in total. The van der Waals surface area contributed by atoms with Crippen LogP contribution >= 0.6 is 23.1 Å². The molecule has 2 nitrogen and oxygen atoms in total. The van der Waals surface area contributed by atoms with Gasteiger partial charge in [0.15, 0.2) is 0 Å². The van der Waals surface area contributed by atoms with Crippen molar-refractivity contribution in [3.8, 4) is 0 Å². The van der Waals surface area contributed by atoms with Gasteiger partial charge in [0.2, 0.25) is 0 Å². The number of rotatable bonds is 0. The second-order valence-corrected chi connectivity index (χ2v) is 8.51. The molecule has 2 fully saturated rings. The Morgan fingerprint density at radius 2 is 2.06 bits per heavy atom. The minimum atomic E-state index is 0.128. The monoisotopic (exact) mass is 267 g/mol. The fourth-order valence-corrected chi connectivity index (χ4v) is 7.67. The third kappa shape index (κ3) is 1.26. The van der Waals surface area contributed by atoms with Gasteiger partial charge < -0.3 is 4.98 Å². The number of aromatic nitrogens is 1. The van der Waals surface area contributed by atoms with Crippen LogP contribution in [0.1, 0.15) is 38.0 Å². The Hall–Kier alpha value is -0.220. The summed E-state index contributed by atoms with van der Waals surface area (Å²) in [6.45, 7) is 4.71. The van der Waals surface area contributed by atoms with E-state index in [2.05, 4.69) is 18.8 Å². The quantitative estimate of drug-likeness (QED) is 0.783. The van der Waals surface area contributed by atoms with Crippen LogP contribution in [0.2, 0.25) is 0 Å². The Morgan fingerprint density at radius 1 is 1.29 bits per heavy atom. The minimum absolute atomic E-state index is 0.128. The summed E-state index contributed by atoms with van der Waals surface area (Å²) in [6, 6.07) is 0. The van der Waals surface area contributed by atoms with Crippen molar-refractivity contribution in [1.29, 1.82) is 0 Å². The second-order valence-electron chi connectivity index (χ2n) is 6.34. The molecule has 3 aliphatic rings. The van der Waals surface area contributed by atoms with Crippen LogP contribution in [-0.2, 0) is 5.41 Å². The van der Waals surface area contributed by atoms with Crippen molar-refractivity contribution in [2.45, 2.75) is 48.8 Å². The summed E-state index contributed by atoms with van der Waals surface area (Å²) in [5.41, 5.74) is 0.203. The maximum Gasteiger partial charge on any atom is 0.305 e. The summed E-state index contributed by atoms with van der Waals surface area (Å²) in [5, 5.41) is 1.94. The lowest BCUT2D eigenvalue weighted by atomic mass is 9.69. The van der Waals surface area contributed by atoms with E-state index in [-0.39, 0.29) is 10.3 Å². The Balaban J connectivity index is 1.89. The topological polar surface area (TPSA) is 32.9 Å². The molecule has 0 saturated heterocycles. The third-order valence-corrected chi connectivity index (χ3v) is 7.97. The number of H-pyrrole nitrogens is 1. The summed E-state index contributed by atoms with van der Waals surface area (Å²) >= 11 is 3.41. The molecule has 0 unspecified atom stereocenters. The van der Waals surface area contributed by atoms with Gasteiger partial charge in [0.1, 0.15) is 0 Å². The summed E-state index contributed by atoms with van der Waals surface area (Å²) in [4.78, 5) is 16.1. The summed E-state index contributed by atoms with van der Waals surface area (Å²) in [7, 11) is 0. The fraction of sp³-hybridized carbons (Fsp3) is 0.769. The van der Waals surface area contributed by atoms with Crippen LogP contribution in [0.25, 0.3) is 0 Å². The first-order valence-electron chi connectivity index (χ1n) is 6.47. The van der Waals surface area contributed by atoms with Crippen molar-refractivity contribution in [1.82, 2.24) is 4.98 Å². The van der Waals surface area contributed by atoms with Crippen LogP contribution in [0.5, 0.6) is 0 Å². The highest BCUT2D eigenvalue weighted by Gasteiger charge is 2.57. The van der Waals surface area contributed by atoms with E-state index in [9.17, 15) is 4.79 Å². The Morgan fingerprint density at radius 3 is 2.88 bits per heavy atom. The summed E-state index contributed by atoms with van der Waals surface area (Å²) < 4.78 is 0. The molecule has 0 aromatic carbocycles. The zero-order valence-electron chi connectivity index (χ0n) is 10.2. The Labute approximate surface area is 109 Å². The lowest BCUT2D eigenvalue weighted by molar-refractivity contribution is 0.218. The Bertz CT molecular complexity index is 530. The van der Waals surface area contributed by atoms with Crippen molar-refractivity contribution < 1.29 is 0 Å². The second kappa shape index (κ2) is 3.21. The molecule has 1 aliphatic heterocycles. The van der Waals surface area contributed by atoms with Gasteiger partial charge >= 0.3 is 4.87 Å². The van der Waals surface area contributed by atoms with Crippen LogP contribution in [0, 0.1) is 17.8 Å². The summed E-state index contributed by atoms with van der Waals surface area (Å²) in [5.74, 6) is 2.62. The lowest BCUT2D eigenvalue weighted by Gasteiger charge is -2.45. The SMILES string of the molecule is CC1(C)c2sc(=O)[nH]c2S[C@H]2[C@@H]3CC[C@H](C3)[C@H]21. The van der Waals surface area contributed by atoms with Crippen LogP contribution in [0.15, 0.2) is 9.82 Å². The molecule has 2 heterocycles. The smallest absolute Gasteiger partial charge is 0.305 e. The summed E-state index contributed by atoms with van der Waals surface area (Å²) in [6.07, 6.45) is 4.27. The largest absolute Gasteiger partial charge is 0.307 e. The number of hydrogen-bond donors (Lipinski definition) is 1. The van der Waals surface area contributed by atoms with Crippen molar-refractivity contribution in [3.05, 3.63) is 14.5 Å². The first-order chi connectivity index (χ1) is 8.07. The molecule has 92 valence electrons. The number of aromatic amines is 1. The van der Waals surface area contributed by atoms with Gasteiger partial charge in [0.25, 0.3) is 0 Å². The van der Waals surface area contributed by atoms with Gasteiger partial charge in [-0.3, -0.25) is 4.79 Å². The highest BCUT2D eigenvalue weighted by molar-refractivity contribution is 8.00. The molecular formula is C13H17NOS2. The number of thioether (sulfide) groups is 1. The van der Waals surface area contributed by atoms with Gasteiger partial charge in [0, 0.05) is 15.5 Å². The molecule has 0 spiro atoms. The van der Waals surface area contributed by atoms with E-state index in [0.29, 0.717) is 0 Å².